The molecule has 3 rings (SSSR count). The summed E-state index contributed by atoms with van der Waals surface area (Å²) in [6, 6.07) is 4.50. The molecule has 0 saturated heterocycles. The van der Waals surface area contributed by atoms with Crippen LogP contribution in [0, 0.1) is 17.7 Å². The molecule has 0 aliphatic heterocycles. The molecule has 1 fully saturated rings. The monoisotopic (exact) mass is 231 g/mol. The van der Waals surface area contributed by atoms with E-state index in [0.29, 0.717) is 17.0 Å². The predicted octanol–water partition coefficient (Wildman–Crippen LogP) is 3.54. The molecule has 1 aromatic carbocycles. The van der Waals surface area contributed by atoms with Gasteiger partial charge < -0.3 is 4.98 Å². The van der Waals surface area contributed by atoms with Gasteiger partial charge in [-0.15, -0.1) is 0 Å². The molecule has 0 amide bonds. The van der Waals surface area contributed by atoms with Gasteiger partial charge in [-0.3, -0.25) is 4.79 Å². The lowest BCUT2D eigenvalue weighted by Gasteiger charge is -2.07. The summed E-state index contributed by atoms with van der Waals surface area (Å²) in [5.41, 5.74) is 1.38. The summed E-state index contributed by atoms with van der Waals surface area (Å²) in [5, 5.41) is 0.823. The molecular formula is C14H14FNO. The molecule has 0 spiro atoms. The Bertz CT molecular complexity index is 583. The third-order valence-electron chi connectivity index (χ3n) is 3.65. The van der Waals surface area contributed by atoms with Crippen LogP contribution in [0.1, 0.15) is 30.1 Å². The number of aromatic nitrogens is 1. The van der Waals surface area contributed by atoms with Crippen LogP contribution in [-0.2, 0) is 0 Å². The Balaban J connectivity index is 2.02. The maximum Gasteiger partial charge on any atom is 0.168 e. The van der Waals surface area contributed by atoms with Crippen LogP contribution in [0.25, 0.3) is 10.9 Å². The van der Waals surface area contributed by atoms with Crippen molar-refractivity contribution in [2.45, 2.75) is 19.8 Å². The Morgan fingerprint density at radius 3 is 2.94 bits per heavy atom. The van der Waals surface area contributed by atoms with Crippen LogP contribution in [-0.4, -0.2) is 10.8 Å². The second-order valence-electron chi connectivity index (χ2n) is 4.88. The summed E-state index contributed by atoms with van der Waals surface area (Å²) in [6.45, 7) is 1.99. The fourth-order valence-electron chi connectivity index (χ4n) is 2.36. The molecular weight excluding hydrogens is 217 g/mol. The van der Waals surface area contributed by atoms with Crippen molar-refractivity contribution in [1.82, 2.24) is 4.98 Å². The number of nitrogens with one attached hydrogen (secondary N) is 1. The first-order chi connectivity index (χ1) is 8.16. The Morgan fingerprint density at radius 2 is 2.24 bits per heavy atom. The first-order valence-corrected chi connectivity index (χ1v) is 5.97. The van der Waals surface area contributed by atoms with Crippen molar-refractivity contribution in [3.05, 3.63) is 35.8 Å². The molecule has 1 aromatic heterocycles. The Hall–Kier alpha value is -1.64. The fraction of sp³-hybridized carbons (Fsp3) is 0.357. The number of halogens is 1. The highest BCUT2D eigenvalue weighted by Crippen LogP contribution is 2.38. The molecule has 0 bridgehead atoms. The zero-order chi connectivity index (χ0) is 12.0. The third-order valence-corrected chi connectivity index (χ3v) is 3.65. The summed E-state index contributed by atoms with van der Waals surface area (Å²) < 4.78 is 13.0. The molecule has 1 unspecified atom stereocenters. The molecule has 88 valence electrons. The highest BCUT2D eigenvalue weighted by molar-refractivity contribution is 6.08. The summed E-state index contributed by atoms with van der Waals surface area (Å²) in [5.74, 6) is 0.519. The molecule has 1 saturated carbocycles. The predicted molar refractivity (Wildman–Crippen MR) is 64.5 cm³/mol. The average molecular weight is 231 g/mol. The molecule has 2 nitrogen and oxygen atoms in total. The van der Waals surface area contributed by atoms with Gasteiger partial charge in [0.1, 0.15) is 5.82 Å². The van der Waals surface area contributed by atoms with E-state index in [1.165, 1.54) is 12.1 Å². The van der Waals surface area contributed by atoms with E-state index in [9.17, 15) is 9.18 Å². The molecule has 1 heterocycles. The fourth-order valence-corrected chi connectivity index (χ4v) is 2.36. The number of hydrogen-bond acceptors (Lipinski definition) is 1. The SMILES string of the molecule is CC(C(=O)c1c[nH]c2cc(F)ccc12)C1CC1. The number of benzene rings is 1. The van der Waals surface area contributed by atoms with Crippen LogP contribution in [0.2, 0.25) is 0 Å². The van der Waals surface area contributed by atoms with Gasteiger partial charge in [-0.05, 0) is 37.0 Å². The zero-order valence-electron chi connectivity index (χ0n) is 9.66. The van der Waals surface area contributed by atoms with Crippen LogP contribution in [0.3, 0.4) is 0 Å². The number of aromatic amines is 1. The largest absolute Gasteiger partial charge is 0.360 e. The molecule has 17 heavy (non-hydrogen) atoms. The van der Waals surface area contributed by atoms with E-state index in [-0.39, 0.29) is 17.5 Å². The van der Waals surface area contributed by atoms with Gasteiger partial charge in [0.2, 0.25) is 0 Å². The quantitative estimate of drug-likeness (QED) is 0.805. The van der Waals surface area contributed by atoms with Crippen LogP contribution < -0.4 is 0 Å². The first-order valence-electron chi connectivity index (χ1n) is 5.97. The lowest BCUT2D eigenvalue weighted by Crippen LogP contribution is -2.12. The molecule has 1 aliphatic carbocycles. The smallest absolute Gasteiger partial charge is 0.168 e. The first kappa shape index (κ1) is 10.5. The number of carbonyl (C=O) groups is 1. The lowest BCUT2D eigenvalue weighted by atomic mass is 9.95. The summed E-state index contributed by atoms with van der Waals surface area (Å²) in [7, 11) is 0. The number of fused-ring (bicyclic) bond motifs is 1. The van der Waals surface area contributed by atoms with E-state index >= 15 is 0 Å². The highest BCUT2D eigenvalue weighted by atomic mass is 19.1. The van der Waals surface area contributed by atoms with Crippen molar-refractivity contribution >= 4 is 16.7 Å². The van der Waals surface area contributed by atoms with Crippen molar-refractivity contribution in [3.63, 3.8) is 0 Å². The lowest BCUT2D eigenvalue weighted by molar-refractivity contribution is 0.0918. The minimum absolute atomic E-state index is 0.0825. The molecule has 2 aromatic rings. The number of ketones is 1. The molecule has 1 aliphatic rings. The molecule has 1 atom stereocenters. The third kappa shape index (κ3) is 1.75. The van der Waals surface area contributed by atoms with Gasteiger partial charge in [-0.25, -0.2) is 4.39 Å². The minimum atomic E-state index is -0.284. The number of H-pyrrole nitrogens is 1. The van der Waals surface area contributed by atoms with E-state index < -0.39 is 0 Å². The zero-order valence-corrected chi connectivity index (χ0v) is 9.66. The van der Waals surface area contributed by atoms with Crippen LogP contribution >= 0.6 is 0 Å². The second kappa shape index (κ2) is 3.69. The summed E-state index contributed by atoms with van der Waals surface area (Å²) in [4.78, 5) is 15.2. The van der Waals surface area contributed by atoms with Crippen molar-refractivity contribution in [1.29, 1.82) is 0 Å². The van der Waals surface area contributed by atoms with Gasteiger partial charge in [0.25, 0.3) is 0 Å². The van der Waals surface area contributed by atoms with Crippen molar-refractivity contribution in [2.75, 3.05) is 0 Å². The van der Waals surface area contributed by atoms with Gasteiger partial charge in [0, 0.05) is 28.6 Å². The summed E-state index contributed by atoms with van der Waals surface area (Å²) >= 11 is 0. The second-order valence-corrected chi connectivity index (χ2v) is 4.88. The van der Waals surface area contributed by atoms with Crippen LogP contribution in [0.15, 0.2) is 24.4 Å². The maximum atomic E-state index is 13.0. The molecule has 0 radical (unpaired) electrons. The Morgan fingerprint density at radius 1 is 1.47 bits per heavy atom. The number of carbonyl (C=O) groups excluding carboxylic acids is 1. The van der Waals surface area contributed by atoms with E-state index in [4.69, 9.17) is 0 Å². The van der Waals surface area contributed by atoms with E-state index in [2.05, 4.69) is 4.98 Å². The Kier molecular flexibility index (Phi) is 2.28. The molecule has 1 N–H and O–H groups in total. The summed E-state index contributed by atoms with van der Waals surface area (Å²) in [6.07, 6.45) is 4.01. The van der Waals surface area contributed by atoms with Crippen LogP contribution in [0.4, 0.5) is 4.39 Å². The van der Waals surface area contributed by atoms with Crippen molar-refractivity contribution in [2.24, 2.45) is 11.8 Å². The van der Waals surface area contributed by atoms with Gasteiger partial charge in [0.05, 0.1) is 0 Å². The molecule has 3 heteroatoms. The standard InChI is InChI=1S/C14H14FNO/c1-8(9-2-3-9)14(17)12-7-16-13-6-10(15)4-5-11(12)13/h4-9,16H,2-3H2,1H3. The number of rotatable bonds is 3. The minimum Gasteiger partial charge on any atom is -0.360 e. The average Bonchev–Trinajstić information content (AvgIpc) is 3.08. The van der Waals surface area contributed by atoms with Gasteiger partial charge in [-0.2, -0.15) is 0 Å². The highest BCUT2D eigenvalue weighted by Gasteiger charge is 2.33. The van der Waals surface area contributed by atoms with Gasteiger partial charge in [0.15, 0.2) is 5.78 Å². The normalized spacial score (nSPS) is 17.3. The van der Waals surface area contributed by atoms with Crippen molar-refractivity contribution < 1.29 is 9.18 Å². The van der Waals surface area contributed by atoms with Crippen molar-refractivity contribution in [3.8, 4) is 0 Å². The Labute approximate surface area is 98.8 Å². The topological polar surface area (TPSA) is 32.9 Å². The van der Waals surface area contributed by atoms with E-state index in [1.807, 2.05) is 6.92 Å². The number of Topliss-reactive ketones (excluding diaryl/α,β-unsaturated/α-hetero) is 1. The van der Waals surface area contributed by atoms with Gasteiger partial charge >= 0.3 is 0 Å². The van der Waals surface area contributed by atoms with Crippen LogP contribution in [0.5, 0.6) is 0 Å². The van der Waals surface area contributed by atoms with E-state index in [0.717, 1.165) is 18.2 Å². The van der Waals surface area contributed by atoms with E-state index in [1.54, 1.807) is 12.3 Å². The number of hydrogen-bond donors (Lipinski definition) is 1. The maximum absolute atomic E-state index is 13.0. The van der Waals surface area contributed by atoms with Gasteiger partial charge in [-0.1, -0.05) is 6.92 Å².